The summed E-state index contributed by atoms with van der Waals surface area (Å²) in [5, 5.41) is 23.3. The number of phenols is 1. The van der Waals surface area contributed by atoms with Crippen LogP contribution in [0.5, 0.6) is 5.75 Å². The smallest absolute Gasteiger partial charge is 0.487 e. The maximum atomic E-state index is 13.5. The molecule has 0 saturated carbocycles. The second-order valence-electron chi connectivity index (χ2n) is 8.87. The van der Waals surface area contributed by atoms with Gasteiger partial charge >= 0.3 is 7.12 Å². The van der Waals surface area contributed by atoms with Crippen LogP contribution >= 0.6 is 11.3 Å². The molecule has 3 heterocycles. The van der Waals surface area contributed by atoms with Crippen LogP contribution in [-0.4, -0.2) is 34.0 Å². The summed E-state index contributed by atoms with van der Waals surface area (Å²) in [6.07, 6.45) is 2.06. The van der Waals surface area contributed by atoms with Gasteiger partial charge < -0.3 is 14.8 Å². The number of imide groups is 1. The molecular formula is C24H26BNO5S. The number of para-hydroxylation sites is 1. The Morgan fingerprint density at radius 2 is 1.97 bits per heavy atom. The van der Waals surface area contributed by atoms with Crippen molar-refractivity contribution in [3.63, 3.8) is 0 Å². The number of phenolic OH excluding ortho intramolecular Hbond substituents is 1. The number of carbonyl (C=O) groups is 2. The molecule has 2 N–H and O–H groups in total. The van der Waals surface area contributed by atoms with Crippen LogP contribution < -0.4 is 0 Å². The van der Waals surface area contributed by atoms with Crippen LogP contribution in [0.3, 0.4) is 0 Å². The Balaban J connectivity index is 1.52. The molecule has 0 radical (unpaired) electrons. The van der Waals surface area contributed by atoms with Crippen molar-refractivity contribution >= 4 is 30.3 Å². The predicted molar refractivity (Wildman–Crippen MR) is 121 cm³/mol. The van der Waals surface area contributed by atoms with Gasteiger partial charge in [-0.2, -0.15) is 0 Å². The molecule has 1 aromatic carbocycles. The van der Waals surface area contributed by atoms with E-state index in [1.807, 2.05) is 23.6 Å². The molecule has 1 aliphatic carbocycles. The molecule has 2 fully saturated rings. The lowest BCUT2D eigenvalue weighted by Crippen LogP contribution is -2.44. The summed E-state index contributed by atoms with van der Waals surface area (Å²) in [7, 11) is -1.14. The summed E-state index contributed by atoms with van der Waals surface area (Å²) in [5.41, 5.74) is 2.41. The Morgan fingerprint density at radius 3 is 2.69 bits per heavy atom. The van der Waals surface area contributed by atoms with Crippen molar-refractivity contribution in [2.24, 2.45) is 17.8 Å². The fourth-order valence-electron chi connectivity index (χ4n) is 5.69. The van der Waals surface area contributed by atoms with Crippen molar-refractivity contribution in [2.45, 2.75) is 45.3 Å². The van der Waals surface area contributed by atoms with E-state index in [4.69, 9.17) is 4.65 Å². The molecule has 2 aromatic rings. The zero-order chi connectivity index (χ0) is 22.4. The number of allylic oxidation sites excluding steroid dienone is 2. The van der Waals surface area contributed by atoms with E-state index < -0.39 is 25.1 Å². The molecule has 0 spiro atoms. The molecule has 3 aliphatic rings. The van der Waals surface area contributed by atoms with E-state index >= 15 is 0 Å². The van der Waals surface area contributed by atoms with E-state index in [1.165, 1.54) is 16.2 Å². The standard InChI is InChI=1S/C24H26BNO5S/c1-2-6-14-11-18-21(24(29)26(23(18)28)13-15-7-5-10-32-15)17-12-20(31-25(30)22(14)17)16-8-3-4-9-19(16)27/h3-5,7-10,17-18,20-21,27,30H,2,6,11-13H2,1H3/t17-,18-,20-,21+/m0/s1. The number of thiophene rings is 1. The van der Waals surface area contributed by atoms with Crippen LogP contribution in [0.2, 0.25) is 0 Å². The van der Waals surface area contributed by atoms with Crippen LogP contribution in [-0.2, 0) is 20.8 Å². The van der Waals surface area contributed by atoms with E-state index in [1.54, 1.807) is 18.2 Å². The van der Waals surface area contributed by atoms with Crippen molar-refractivity contribution in [1.29, 1.82) is 0 Å². The predicted octanol–water partition coefficient (Wildman–Crippen LogP) is 3.85. The Kier molecular flexibility index (Phi) is 5.69. The molecule has 32 heavy (non-hydrogen) atoms. The summed E-state index contributed by atoms with van der Waals surface area (Å²) >= 11 is 1.53. The molecule has 0 unspecified atom stereocenters. The first kappa shape index (κ1) is 21.4. The van der Waals surface area contributed by atoms with Crippen LogP contribution in [0.1, 0.15) is 49.2 Å². The minimum Gasteiger partial charge on any atom is -0.508 e. The number of nitrogens with zero attached hydrogens (tertiary/aromatic N) is 1. The fourth-order valence-corrected chi connectivity index (χ4v) is 6.38. The molecule has 2 amide bonds. The van der Waals surface area contributed by atoms with E-state index in [0.717, 1.165) is 28.8 Å². The Bertz CT molecular complexity index is 1070. The quantitative estimate of drug-likeness (QED) is 0.533. The van der Waals surface area contributed by atoms with Crippen molar-refractivity contribution in [1.82, 2.24) is 4.90 Å². The summed E-state index contributed by atoms with van der Waals surface area (Å²) in [4.78, 5) is 29.3. The van der Waals surface area contributed by atoms with Gasteiger partial charge in [-0.1, -0.05) is 43.2 Å². The summed E-state index contributed by atoms with van der Waals surface area (Å²) in [6, 6.07) is 10.8. The van der Waals surface area contributed by atoms with Gasteiger partial charge in [0.25, 0.3) is 0 Å². The lowest BCUT2D eigenvalue weighted by Gasteiger charge is -2.42. The highest BCUT2D eigenvalue weighted by Crippen LogP contribution is 2.52. The number of rotatable bonds is 5. The monoisotopic (exact) mass is 451 g/mol. The summed E-state index contributed by atoms with van der Waals surface area (Å²) in [5.74, 6) is -1.34. The molecule has 0 bridgehead atoms. The van der Waals surface area contributed by atoms with E-state index in [2.05, 4.69) is 6.92 Å². The molecule has 4 atom stereocenters. The highest BCUT2D eigenvalue weighted by atomic mass is 32.1. The molecule has 8 heteroatoms. The highest BCUT2D eigenvalue weighted by molar-refractivity contribution is 7.09. The number of amides is 2. The maximum absolute atomic E-state index is 13.5. The number of benzene rings is 1. The third kappa shape index (κ3) is 3.50. The van der Waals surface area contributed by atoms with Crippen molar-refractivity contribution in [3.05, 3.63) is 63.3 Å². The molecule has 2 saturated heterocycles. The maximum Gasteiger partial charge on any atom is 0.487 e. The number of likely N-dealkylation sites (tertiary alicyclic amines) is 1. The number of hydrogen-bond acceptors (Lipinski definition) is 6. The molecule has 166 valence electrons. The lowest BCUT2D eigenvalue weighted by molar-refractivity contribution is -0.140. The van der Waals surface area contributed by atoms with Gasteiger partial charge in [-0.25, -0.2) is 0 Å². The average Bonchev–Trinajstić information content (AvgIpc) is 3.37. The van der Waals surface area contributed by atoms with Crippen LogP contribution in [0.4, 0.5) is 0 Å². The highest BCUT2D eigenvalue weighted by Gasteiger charge is 2.57. The van der Waals surface area contributed by atoms with Gasteiger partial charge in [-0.05, 0) is 48.2 Å². The van der Waals surface area contributed by atoms with Gasteiger partial charge in [0.15, 0.2) is 0 Å². The minimum atomic E-state index is -1.14. The zero-order valence-electron chi connectivity index (χ0n) is 17.9. The largest absolute Gasteiger partial charge is 0.508 e. The second kappa shape index (κ2) is 8.50. The normalized spacial score (nSPS) is 27.7. The fraction of sp³-hybridized carbons (Fsp3) is 0.417. The molecule has 1 aromatic heterocycles. The molecular weight excluding hydrogens is 425 g/mol. The molecule has 5 rings (SSSR count). The van der Waals surface area contributed by atoms with Crippen molar-refractivity contribution in [3.8, 4) is 5.75 Å². The van der Waals surface area contributed by atoms with Gasteiger partial charge in [0.2, 0.25) is 11.8 Å². The second-order valence-corrected chi connectivity index (χ2v) is 9.90. The van der Waals surface area contributed by atoms with Crippen LogP contribution in [0, 0.1) is 17.8 Å². The van der Waals surface area contributed by atoms with Crippen molar-refractivity contribution in [2.75, 3.05) is 0 Å². The molecule has 2 aliphatic heterocycles. The lowest BCUT2D eigenvalue weighted by atomic mass is 9.54. The summed E-state index contributed by atoms with van der Waals surface area (Å²) < 4.78 is 5.95. The van der Waals surface area contributed by atoms with Crippen LogP contribution in [0.25, 0.3) is 0 Å². The number of fused-ring (bicyclic) bond motifs is 3. The van der Waals surface area contributed by atoms with Gasteiger partial charge in [0.1, 0.15) is 5.75 Å². The van der Waals surface area contributed by atoms with Gasteiger partial charge in [0.05, 0.1) is 24.5 Å². The third-order valence-corrected chi connectivity index (χ3v) is 7.89. The SMILES string of the molecule is CCCC1=C2B(O)O[C@H](c3ccccc3O)C[C@H]2[C@H]2C(=O)N(Cc3cccs3)C(=O)[C@H]2C1. The first-order valence-corrected chi connectivity index (χ1v) is 12.1. The van der Waals surface area contributed by atoms with Gasteiger partial charge in [-0.3, -0.25) is 14.5 Å². The molecule has 6 nitrogen and oxygen atoms in total. The number of hydrogen-bond donors (Lipinski definition) is 2. The number of aromatic hydroxyl groups is 1. The van der Waals surface area contributed by atoms with Crippen LogP contribution in [0.15, 0.2) is 52.8 Å². The topological polar surface area (TPSA) is 87.1 Å². The summed E-state index contributed by atoms with van der Waals surface area (Å²) in [6.45, 7) is 2.37. The first-order chi connectivity index (χ1) is 15.5. The van der Waals surface area contributed by atoms with E-state index in [9.17, 15) is 19.7 Å². The Hall–Kier alpha value is -2.42. The number of carbonyl (C=O) groups excluding carboxylic acids is 2. The van der Waals surface area contributed by atoms with Gasteiger partial charge in [-0.15, -0.1) is 11.3 Å². The van der Waals surface area contributed by atoms with Crippen molar-refractivity contribution < 1.29 is 24.4 Å². The van der Waals surface area contributed by atoms with Gasteiger partial charge in [0, 0.05) is 10.4 Å². The first-order valence-electron chi connectivity index (χ1n) is 11.2. The Labute approximate surface area is 191 Å². The van der Waals surface area contributed by atoms with E-state index in [-0.39, 0.29) is 23.5 Å². The zero-order valence-corrected chi connectivity index (χ0v) is 18.8. The van der Waals surface area contributed by atoms with E-state index in [0.29, 0.717) is 24.9 Å². The Morgan fingerprint density at radius 1 is 1.16 bits per heavy atom. The minimum absolute atomic E-state index is 0.103. The average molecular weight is 451 g/mol. The third-order valence-electron chi connectivity index (χ3n) is 7.03.